The van der Waals surface area contributed by atoms with E-state index >= 15 is 0 Å². The van der Waals surface area contributed by atoms with Crippen LogP contribution in [0.4, 0.5) is 0 Å². The minimum Gasteiger partial charge on any atom is -0.488 e. The van der Waals surface area contributed by atoms with E-state index in [0.29, 0.717) is 0 Å². The average Bonchev–Trinajstić information content (AvgIpc) is 2.43. The lowest BCUT2D eigenvalue weighted by Crippen LogP contribution is -2.41. The molecule has 2 rings (SSSR count). The summed E-state index contributed by atoms with van der Waals surface area (Å²) in [4.78, 5) is 0. The standard InChI is InChI=1S/C19H30O2/c1-6-19(4,5)14-7-9-15(10-8-14)21-17-13-18(2,3)12-11-16(17)20/h7-10,16-17,20H,6,11-13H2,1-5H3. The van der Waals surface area contributed by atoms with Gasteiger partial charge in [-0.15, -0.1) is 0 Å². The zero-order chi connectivity index (χ0) is 15.7. The van der Waals surface area contributed by atoms with E-state index in [0.717, 1.165) is 31.4 Å². The highest BCUT2D eigenvalue weighted by Gasteiger charge is 2.35. The van der Waals surface area contributed by atoms with Crippen molar-refractivity contribution in [3.8, 4) is 5.75 Å². The number of hydrogen-bond acceptors (Lipinski definition) is 2. The Morgan fingerprint density at radius 2 is 1.86 bits per heavy atom. The van der Waals surface area contributed by atoms with Crippen molar-refractivity contribution in [3.63, 3.8) is 0 Å². The number of hydrogen-bond donors (Lipinski definition) is 1. The van der Waals surface area contributed by atoms with Crippen molar-refractivity contribution >= 4 is 0 Å². The maximum Gasteiger partial charge on any atom is 0.125 e. The van der Waals surface area contributed by atoms with Crippen LogP contribution in [0.3, 0.4) is 0 Å². The molecule has 0 saturated heterocycles. The molecular weight excluding hydrogens is 260 g/mol. The van der Waals surface area contributed by atoms with Crippen LogP contribution in [0.2, 0.25) is 0 Å². The summed E-state index contributed by atoms with van der Waals surface area (Å²) >= 11 is 0. The summed E-state index contributed by atoms with van der Waals surface area (Å²) < 4.78 is 6.05. The van der Waals surface area contributed by atoms with Crippen molar-refractivity contribution in [2.45, 2.75) is 77.9 Å². The molecule has 1 aromatic carbocycles. The van der Waals surface area contributed by atoms with Crippen LogP contribution < -0.4 is 4.74 Å². The summed E-state index contributed by atoms with van der Waals surface area (Å²) in [5.41, 5.74) is 1.79. The molecule has 2 atom stereocenters. The van der Waals surface area contributed by atoms with Gasteiger partial charge in [-0.05, 0) is 54.2 Å². The Bertz CT molecular complexity index is 459. The van der Waals surface area contributed by atoms with Crippen LogP contribution in [-0.2, 0) is 5.41 Å². The molecule has 0 bridgehead atoms. The van der Waals surface area contributed by atoms with E-state index in [9.17, 15) is 5.11 Å². The van der Waals surface area contributed by atoms with Gasteiger partial charge in [-0.1, -0.05) is 46.8 Å². The summed E-state index contributed by atoms with van der Waals surface area (Å²) in [6, 6.07) is 8.39. The van der Waals surface area contributed by atoms with Gasteiger partial charge in [-0.2, -0.15) is 0 Å². The number of benzene rings is 1. The van der Waals surface area contributed by atoms with Gasteiger partial charge in [0.05, 0.1) is 6.10 Å². The van der Waals surface area contributed by atoms with Crippen LogP contribution in [0.25, 0.3) is 0 Å². The van der Waals surface area contributed by atoms with Gasteiger partial charge >= 0.3 is 0 Å². The van der Waals surface area contributed by atoms with Crippen LogP contribution in [0.15, 0.2) is 24.3 Å². The molecule has 2 heteroatoms. The van der Waals surface area contributed by atoms with Crippen LogP contribution in [-0.4, -0.2) is 17.3 Å². The minimum atomic E-state index is -0.343. The predicted octanol–water partition coefficient (Wildman–Crippen LogP) is 4.69. The molecule has 1 fully saturated rings. The second-order valence-corrected chi connectivity index (χ2v) is 7.89. The summed E-state index contributed by atoms with van der Waals surface area (Å²) in [7, 11) is 0. The number of aliphatic hydroxyl groups excluding tert-OH is 1. The third-order valence-corrected chi connectivity index (χ3v) is 5.11. The normalized spacial score (nSPS) is 25.6. The Hall–Kier alpha value is -1.02. The highest BCUT2D eigenvalue weighted by atomic mass is 16.5. The SMILES string of the molecule is CCC(C)(C)c1ccc(OC2CC(C)(C)CCC2O)cc1. The summed E-state index contributed by atoms with van der Waals surface area (Å²) in [6.07, 6.45) is 3.50. The molecule has 1 N–H and O–H groups in total. The molecule has 1 aliphatic carbocycles. The fourth-order valence-electron chi connectivity index (χ4n) is 2.99. The Balaban J connectivity index is 2.06. The zero-order valence-electron chi connectivity index (χ0n) is 14.1. The maximum absolute atomic E-state index is 10.2. The van der Waals surface area contributed by atoms with Crippen LogP contribution in [0, 0.1) is 5.41 Å². The molecule has 0 heterocycles. The Morgan fingerprint density at radius 3 is 2.43 bits per heavy atom. The molecule has 0 aliphatic heterocycles. The molecule has 1 aliphatic rings. The highest BCUT2D eigenvalue weighted by Crippen LogP contribution is 2.37. The van der Waals surface area contributed by atoms with Gasteiger partial charge in [-0.25, -0.2) is 0 Å². The molecule has 0 aromatic heterocycles. The number of aliphatic hydroxyl groups is 1. The molecule has 2 nitrogen and oxygen atoms in total. The van der Waals surface area contributed by atoms with Gasteiger partial charge in [0.25, 0.3) is 0 Å². The highest BCUT2D eigenvalue weighted by molar-refractivity contribution is 5.31. The lowest BCUT2D eigenvalue weighted by molar-refractivity contribution is -0.0304. The molecule has 118 valence electrons. The fraction of sp³-hybridized carbons (Fsp3) is 0.684. The van der Waals surface area contributed by atoms with E-state index in [4.69, 9.17) is 4.74 Å². The third kappa shape index (κ3) is 4.00. The van der Waals surface area contributed by atoms with Gasteiger partial charge in [-0.3, -0.25) is 0 Å². The minimum absolute atomic E-state index is 0.0845. The fourth-order valence-corrected chi connectivity index (χ4v) is 2.99. The first-order valence-corrected chi connectivity index (χ1v) is 8.19. The summed E-state index contributed by atoms with van der Waals surface area (Å²) in [5.74, 6) is 0.868. The Kier molecular flexibility index (Phi) is 4.67. The summed E-state index contributed by atoms with van der Waals surface area (Å²) in [6.45, 7) is 11.2. The van der Waals surface area contributed by atoms with Crippen molar-refractivity contribution in [2.75, 3.05) is 0 Å². The lowest BCUT2D eigenvalue weighted by atomic mass is 9.75. The third-order valence-electron chi connectivity index (χ3n) is 5.11. The smallest absolute Gasteiger partial charge is 0.125 e. The molecule has 0 spiro atoms. The van der Waals surface area contributed by atoms with E-state index in [1.807, 2.05) is 12.1 Å². The van der Waals surface area contributed by atoms with E-state index in [1.54, 1.807) is 0 Å². The maximum atomic E-state index is 10.2. The molecule has 0 radical (unpaired) electrons. The quantitative estimate of drug-likeness (QED) is 0.871. The first-order valence-electron chi connectivity index (χ1n) is 8.19. The van der Waals surface area contributed by atoms with Crippen molar-refractivity contribution in [2.24, 2.45) is 5.41 Å². The van der Waals surface area contributed by atoms with Crippen LogP contribution >= 0.6 is 0 Å². The van der Waals surface area contributed by atoms with Crippen molar-refractivity contribution in [1.29, 1.82) is 0 Å². The van der Waals surface area contributed by atoms with Crippen molar-refractivity contribution in [3.05, 3.63) is 29.8 Å². The predicted molar refractivity (Wildman–Crippen MR) is 87.8 cm³/mol. The topological polar surface area (TPSA) is 29.5 Å². The number of ether oxygens (including phenoxy) is 1. The molecule has 2 unspecified atom stereocenters. The first-order chi connectivity index (χ1) is 9.73. The second-order valence-electron chi connectivity index (χ2n) is 7.89. The largest absolute Gasteiger partial charge is 0.488 e. The van der Waals surface area contributed by atoms with E-state index in [-0.39, 0.29) is 23.0 Å². The molecule has 21 heavy (non-hydrogen) atoms. The van der Waals surface area contributed by atoms with Gasteiger partial charge in [0.2, 0.25) is 0 Å². The van der Waals surface area contributed by atoms with Crippen molar-refractivity contribution in [1.82, 2.24) is 0 Å². The molecule has 0 amide bonds. The van der Waals surface area contributed by atoms with E-state index in [1.165, 1.54) is 5.56 Å². The molecule has 1 aromatic rings. The molecule has 1 saturated carbocycles. The van der Waals surface area contributed by atoms with Gasteiger partial charge in [0, 0.05) is 0 Å². The monoisotopic (exact) mass is 290 g/mol. The van der Waals surface area contributed by atoms with Gasteiger partial charge < -0.3 is 9.84 Å². The van der Waals surface area contributed by atoms with Crippen LogP contribution in [0.1, 0.15) is 65.9 Å². The van der Waals surface area contributed by atoms with Gasteiger partial charge in [0.15, 0.2) is 0 Å². The molecular formula is C19H30O2. The van der Waals surface area contributed by atoms with E-state index < -0.39 is 0 Å². The zero-order valence-corrected chi connectivity index (χ0v) is 14.1. The lowest BCUT2D eigenvalue weighted by Gasteiger charge is -2.38. The Morgan fingerprint density at radius 1 is 1.24 bits per heavy atom. The Labute approximate surface area is 129 Å². The van der Waals surface area contributed by atoms with Gasteiger partial charge in [0.1, 0.15) is 11.9 Å². The number of rotatable bonds is 4. The van der Waals surface area contributed by atoms with E-state index in [2.05, 4.69) is 46.8 Å². The first kappa shape index (κ1) is 16.4. The second kappa shape index (κ2) is 6.00. The van der Waals surface area contributed by atoms with Crippen LogP contribution in [0.5, 0.6) is 5.75 Å². The summed E-state index contributed by atoms with van der Waals surface area (Å²) in [5, 5.41) is 10.2. The van der Waals surface area contributed by atoms with Crippen molar-refractivity contribution < 1.29 is 9.84 Å². The average molecular weight is 290 g/mol.